The maximum atomic E-state index is 12.2. The molecule has 1 N–H and O–H groups in total. The summed E-state index contributed by atoms with van der Waals surface area (Å²) >= 11 is 5.77. The van der Waals surface area contributed by atoms with Crippen molar-refractivity contribution in [1.29, 1.82) is 0 Å². The SMILES string of the molecule is C[C@H](C(=O)Nc1ccc(Cl)cn1)N1CCCCCC1. The van der Waals surface area contributed by atoms with E-state index in [4.69, 9.17) is 11.6 Å². The first kappa shape index (κ1) is 14.3. The van der Waals surface area contributed by atoms with Gasteiger partial charge in [0.25, 0.3) is 0 Å². The van der Waals surface area contributed by atoms with Crippen LogP contribution >= 0.6 is 11.6 Å². The Morgan fingerprint density at radius 3 is 2.58 bits per heavy atom. The number of pyridine rings is 1. The number of anilines is 1. The summed E-state index contributed by atoms with van der Waals surface area (Å²) in [6.07, 6.45) is 6.43. The number of rotatable bonds is 3. The minimum atomic E-state index is -0.115. The molecule has 1 atom stereocenters. The number of likely N-dealkylation sites (tertiary alicyclic amines) is 1. The van der Waals surface area contributed by atoms with Crippen molar-refractivity contribution in [1.82, 2.24) is 9.88 Å². The number of hydrogen-bond donors (Lipinski definition) is 1. The first-order valence-electron chi connectivity index (χ1n) is 6.83. The van der Waals surface area contributed by atoms with Gasteiger partial charge in [0.1, 0.15) is 5.82 Å². The summed E-state index contributed by atoms with van der Waals surface area (Å²) < 4.78 is 0. The fourth-order valence-electron chi connectivity index (χ4n) is 2.33. The summed E-state index contributed by atoms with van der Waals surface area (Å²) in [5, 5.41) is 3.40. The van der Waals surface area contributed by atoms with Crippen LogP contribution in [0.1, 0.15) is 32.6 Å². The number of hydrogen-bond acceptors (Lipinski definition) is 3. The second kappa shape index (κ2) is 6.87. The topological polar surface area (TPSA) is 45.2 Å². The third kappa shape index (κ3) is 4.18. The third-order valence-electron chi connectivity index (χ3n) is 3.55. The molecule has 1 amide bonds. The van der Waals surface area contributed by atoms with Crippen molar-refractivity contribution in [2.45, 2.75) is 38.6 Å². The normalized spacial score (nSPS) is 18.6. The van der Waals surface area contributed by atoms with E-state index < -0.39 is 0 Å². The number of aromatic nitrogens is 1. The van der Waals surface area contributed by atoms with Gasteiger partial charge in [0, 0.05) is 6.20 Å². The molecule has 2 rings (SSSR count). The molecule has 0 radical (unpaired) electrons. The van der Waals surface area contributed by atoms with E-state index in [0.29, 0.717) is 10.8 Å². The molecule has 4 nitrogen and oxygen atoms in total. The second-order valence-corrected chi connectivity index (χ2v) is 5.41. The number of nitrogens with one attached hydrogen (secondary N) is 1. The minimum Gasteiger partial charge on any atom is -0.309 e. The molecule has 0 unspecified atom stereocenters. The van der Waals surface area contributed by atoms with E-state index in [1.165, 1.54) is 31.9 Å². The lowest BCUT2D eigenvalue weighted by atomic mass is 10.2. The molecule has 1 aliphatic rings. The summed E-state index contributed by atoms with van der Waals surface area (Å²) in [5.41, 5.74) is 0. The van der Waals surface area contributed by atoms with E-state index >= 15 is 0 Å². The van der Waals surface area contributed by atoms with Crippen LogP contribution in [0, 0.1) is 0 Å². The Labute approximate surface area is 119 Å². The highest BCUT2D eigenvalue weighted by Crippen LogP contribution is 2.14. The maximum Gasteiger partial charge on any atom is 0.242 e. The van der Waals surface area contributed by atoms with Crippen LogP contribution in [-0.2, 0) is 4.79 Å². The first-order valence-corrected chi connectivity index (χ1v) is 7.21. The molecule has 0 aromatic carbocycles. The van der Waals surface area contributed by atoms with Gasteiger partial charge in [-0.2, -0.15) is 0 Å². The summed E-state index contributed by atoms with van der Waals surface area (Å²) in [6.45, 7) is 3.96. The average Bonchev–Trinajstić information content (AvgIpc) is 2.69. The number of carbonyl (C=O) groups is 1. The average molecular weight is 282 g/mol. The van der Waals surface area contributed by atoms with E-state index in [1.54, 1.807) is 12.1 Å². The van der Waals surface area contributed by atoms with E-state index in [1.807, 2.05) is 6.92 Å². The number of nitrogens with zero attached hydrogens (tertiary/aromatic N) is 2. The number of halogens is 1. The van der Waals surface area contributed by atoms with Crippen LogP contribution in [0.2, 0.25) is 5.02 Å². The standard InChI is InChI=1S/C14H20ClN3O/c1-11(18-8-4-2-3-5-9-18)14(19)17-13-7-6-12(15)10-16-13/h6-7,10-11H,2-5,8-9H2,1H3,(H,16,17,19)/t11-/m1/s1. The summed E-state index contributed by atoms with van der Waals surface area (Å²) in [5.74, 6) is 0.549. The smallest absolute Gasteiger partial charge is 0.242 e. The lowest BCUT2D eigenvalue weighted by molar-refractivity contribution is -0.120. The van der Waals surface area contributed by atoms with Gasteiger partial charge in [-0.25, -0.2) is 4.98 Å². The highest BCUT2D eigenvalue weighted by molar-refractivity contribution is 6.30. The summed E-state index contributed by atoms with van der Waals surface area (Å²) in [7, 11) is 0. The number of carbonyl (C=O) groups excluding carboxylic acids is 1. The Balaban J connectivity index is 1.92. The van der Waals surface area contributed by atoms with Crippen LogP contribution < -0.4 is 5.32 Å². The van der Waals surface area contributed by atoms with Gasteiger partial charge >= 0.3 is 0 Å². The Hall–Kier alpha value is -1.13. The van der Waals surface area contributed by atoms with Gasteiger partial charge in [-0.05, 0) is 45.0 Å². The molecular weight excluding hydrogens is 262 g/mol. The van der Waals surface area contributed by atoms with Crippen molar-refractivity contribution in [3.05, 3.63) is 23.4 Å². The van der Waals surface area contributed by atoms with Gasteiger partial charge in [0.15, 0.2) is 0 Å². The van der Waals surface area contributed by atoms with Crippen molar-refractivity contribution < 1.29 is 4.79 Å². The fourth-order valence-corrected chi connectivity index (χ4v) is 2.44. The van der Waals surface area contributed by atoms with Crippen molar-refractivity contribution >= 4 is 23.3 Å². The Bertz CT molecular complexity index is 413. The zero-order valence-electron chi connectivity index (χ0n) is 11.2. The van der Waals surface area contributed by atoms with Crippen LogP contribution in [0.5, 0.6) is 0 Å². The zero-order chi connectivity index (χ0) is 13.7. The zero-order valence-corrected chi connectivity index (χ0v) is 12.0. The molecule has 1 aromatic heterocycles. The quantitative estimate of drug-likeness (QED) is 0.926. The molecule has 1 fully saturated rings. The highest BCUT2D eigenvalue weighted by Gasteiger charge is 2.22. The van der Waals surface area contributed by atoms with Crippen molar-refractivity contribution in [3.8, 4) is 0 Å². The monoisotopic (exact) mass is 281 g/mol. The van der Waals surface area contributed by atoms with E-state index in [2.05, 4.69) is 15.2 Å². The molecule has 19 heavy (non-hydrogen) atoms. The molecule has 0 bridgehead atoms. The Kier molecular flexibility index (Phi) is 5.16. The van der Waals surface area contributed by atoms with Gasteiger partial charge < -0.3 is 5.32 Å². The number of amides is 1. The second-order valence-electron chi connectivity index (χ2n) is 4.98. The largest absolute Gasteiger partial charge is 0.309 e. The summed E-state index contributed by atoms with van der Waals surface area (Å²) in [6, 6.07) is 3.33. The molecule has 0 aliphatic carbocycles. The molecule has 0 saturated carbocycles. The predicted octanol–water partition coefficient (Wildman–Crippen LogP) is 2.94. The molecule has 1 aromatic rings. The molecule has 1 aliphatic heterocycles. The molecule has 1 saturated heterocycles. The van der Waals surface area contributed by atoms with Gasteiger partial charge in [0.2, 0.25) is 5.91 Å². The van der Waals surface area contributed by atoms with Crippen molar-refractivity contribution in [2.24, 2.45) is 0 Å². The third-order valence-corrected chi connectivity index (χ3v) is 3.77. The fraction of sp³-hybridized carbons (Fsp3) is 0.571. The van der Waals surface area contributed by atoms with E-state index in [-0.39, 0.29) is 11.9 Å². The minimum absolute atomic E-state index is 0.00303. The van der Waals surface area contributed by atoms with Crippen LogP contribution in [0.4, 0.5) is 5.82 Å². The summed E-state index contributed by atoms with van der Waals surface area (Å²) in [4.78, 5) is 18.5. The highest BCUT2D eigenvalue weighted by atomic mass is 35.5. The van der Waals surface area contributed by atoms with Gasteiger partial charge in [-0.15, -0.1) is 0 Å². The van der Waals surface area contributed by atoms with Crippen molar-refractivity contribution in [2.75, 3.05) is 18.4 Å². The first-order chi connectivity index (χ1) is 9.16. The van der Waals surface area contributed by atoms with Crippen LogP contribution in [-0.4, -0.2) is 34.9 Å². The Morgan fingerprint density at radius 1 is 1.32 bits per heavy atom. The predicted molar refractivity (Wildman–Crippen MR) is 77.4 cm³/mol. The molecular formula is C14H20ClN3O. The Morgan fingerprint density at radius 2 is 2.00 bits per heavy atom. The van der Waals surface area contributed by atoms with Crippen LogP contribution in [0.15, 0.2) is 18.3 Å². The molecule has 0 spiro atoms. The van der Waals surface area contributed by atoms with Gasteiger partial charge in [0.05, 0.1) is 11.1 Å². The van der Waals surface area contributed by atoms with Gasteiger partial charge in [-0.3, -0.25) is 9.69 Å². The van der Waals surface area contributed by atoms with Crippen LogP contribution in [0.25, 0.3) is 0 Å². The van der Waals surface area contributed by atoms with Crippen LogP contribution in [0.3, 0.4) is 0 Å². The van der Waals surface area contributed by atoms with Gasteiger partial charge in [-0.1, -0.05) is 24.4 Å². The van der Waals surface area contributed by atoms with E-state index in [9.17, 15) is 4.79 Å². The molecule has 2 heterocycles. The maximum absolute atomic E-state index is 12.2. The lowest BCUT2D eigenvalue weighted by Gasteiger charge is -2.26. The molecule has 104 valence electrons. The van der Waals surface area contributed by atoms with E-state index in [0.717, 1.165) is 13.1 Å². The molecule has 5 heteroatoms. The van der Waals surface area contributed by atoms with Crippen molar-refractivity contribution in [3.63, 3.8) is 0 Å². The lowest BCUT2D eigenvalue weighted by Crippen LogP contribution is -2.42.